The molecule has 1 N–H and O–H groups in total. The van der Waals surface area contributed by atoms with Gasteiger partial charge in [0.1, 0.15) is 0 Å². The van der Waals surface area contributed by atoms with Crippen molar-refractivity contribution in [1.82, 2.24) is 20.3 Å². The highest BCUT2D eigenvalue weighted by Gasteiger charge is 2.20. The second kappa shape index (κ2) is 5.20. The fourth-order valence-electron chi connectivity index (χ4n) is 1.85. The van der Waals surface area contributed by atoms with Crippen LogP contribution in [0.2, 0.25) is 0 Å². The minimum atomic E-state index is 0.796. The summed E-state index contributed by atoms with van der Waals surface area (Å²) in [5, 5.41) is 11.7. The average molecular weight is 307 g/mol. The lowest BCUT2D eigenvalue weighted by Gasteiger charge is -2.00. The van der Waals surface area contributed by atoms with Crippen LogP contribution in [-0.2, 0) is 6.54 Å². The normalized spacial score (nSPS) is 14.9. The second-order valence-electron chi connectivity index (χ2n) is 4.71. The number of halogens is 1. The van der Waals surface area contributed by atoms with Gasteiger partial charge in [-0.15, -0.1) is 5.10 Å². The quantitative estimate of drug-likeness (QED) is 0.923. The van der Waals surface area contributed by atoms with E-state index in [1.807, 2.05) is 30.5 Å². The number of nitrogens with one attached hydrogen (secondary N) is 1. The van der Waals surface area contributed by atoms with Crippen LogP contribution in [0.3, 0.4) is 0 Å². The van der Waals surface area contributed by atoms with Crippen LogP contribution in [0.1, 0.15) is 18.5 Å². The monoisotopic (exact) mass is 306 g/mol. The van der Waals surface area contributed by atoms with Gasteiger partial charge in [-0.2, -0.15) is 0 Å². The lowest BCUT2D eigenvalue weighted by atomic mass is 10.3. The van der Waals surface area contributed by atoms with Gasteiger partial charge >= 0.3 is 0 Å². The molecule has 2 aromatic rings. The third-order valence-corrected chi connectivity index (χ3v) is 3.54. The van der Waals surface area contributed by atoms with Gasteiger partial charge in [0.05, 0.1) is 17.6 Å². The van der Waals surface area contributed by atoms with E-state index in [1.54, 1.807) is 4.68 Å². The second-order valence-corrected chi connectivity index (χ2v) is 5.62. The SMILES string of the molecule is Brc1cccc(-n2cc(CNCC3CC3)nn2)c1. The summed E-state index contributed by atoms with van der Waals surface area (Å²) in [6, 6.07) is 8.03. The molecular weight excluding hydrogens is 292 g/mol. The van der Waals surface area contributed by atoms with Gasteiger partial charge in [-0.3, -0.25) is 0 Å². The van der Waals surface area contributed by atoms with E-state index in [2.05, 4.69) is 31.6 Å². The first kappa shape index (κ1) is 11.9. The van der Waals surface area contributed by atoms with E-state index in [-0.39, 0.29) is 0 Å². The highest BCUT2D eigenvalue weighted by Crippen LogP contribution is 2.27. The fourth-order valence-corrected chi connectivity index (χ4v) is 2.24. The van der Waals surface area contributed by atoms with Crippen LogP contribution >= 0.6 is 15.9 Å². The molecule has 1 aliphatic rings. The molecule has 0 saturated heterocycles. The largest absolute Gasteiger partial charge is 0.311 e. The molecule has 0 unspecified atom stereocenters. The van der Waals surface area contributed by atoms with E-state index >= 15 is 0 Å². The molecule has 1 aliphatic carbocycles. The number of hydrogen-bond acceptors (Lipinski definition) is 3. The summed E-state index contributed by atoms with van der Waals surface area (Å²) in [5.41, 5.74) is 2.00. The van der Waals surface area contributed by atoms with Crippen LogP contribution in [0.5, 0.6) is 0 Å². The van der Waals surface area contributed by atoms with Crippen LogP contribution in [0.4, 0.5) is 0 Å². The van der Waals surface area contributed by atoms with Crippen LogP contribution in [0, 0.1) is 5.92 Å². The summed E-state index contributed by atoms with van der Waals surface area (Å²) in [7, 11) is 0. The number of rotatable bonds is 5. The minimum absolute atomic E-state index is 0.796. The van der Waals surface area contributed by atoms with E-state index in [0.29, 0.717) is 0 Å². The molecular formula is C13H15BrN4. The van der Waals surface area contributed by atoms with E-state index in [9.17, 15) is 0 Å². The van der Waals surface area contributed by atoms with E-state index in [1.165, 1.54) is 12.8 Å². The van der Waals surface area contributed by atoms with Gasteiger partial charge in [0.15, 0.2) is 0 Å². The van der Waals surface area contributed by atoms with Crippen molar-refractivity contribution in [2.24, 2.45) is 5.92 Å². The van der Waals surface area contributed by atoms with Crippen molar-refractivity contribution in [2.75, 3.05) is 6.54 Å². The maximum Gasteiger partial charge on any atom is 0.0969 e. The molecule has 0 bridgehead atoms. The van der Waals surface area contributed by atoms with Crippen LogP contribution in [0.25, 0.3) is 5.69 Å². The fraction of sp³-hybridized carbons (Fsp3) is 0.385. The Bertz CT molecular complexity index is 533. The Morgan fingerprint density at radius 2 is 2.28 bits per heavy atom. The van der Waals surface area contributed by atoms with Gasteiger partial charge in [0.25, 0.3) is 0 Å². The molecule has 0 amide bonds. The molecule has 4 nitrogen and oxygen atoms in total. The maximum atomic E-state index is 4.17. The standard InChI is InChI=1S/C13H15BrN4/c14-11-2-1-3-13(6-11)18-9-12(16-17-18)8-15-7-10-4-5-10/h1-3,6,9-10,15H,4-5,7-8H2. The Balaban J connectivity index is 1.64. The molecule has 1 fully saturated rings. The summed E-state index contributed by atoms with van der Waals surface area (Å²) in [6.07, 6.45) is 4.72. The highest BCUT2D eigenvalue weighted by atomic mass is 79.9. The molecule has 5 heteroatoms. The van der Waals surface area contributed by atoms with E-state index < -0.39 is 0 Å². The van der Waals surface area contributed by atoms with Crippen molar-refractivity contribution < 1.29 is 0 Å². The van der Waals surface area contributed by atoms with Gasteiger partial charge in [-0.05, 0) is 43.5 Å². The number of nitrogens with zero attached hydrogens (tertiary/aromatic N) is 3. The Labute approximate surface area is 115 Å². The molecule has 1 aromatic carbocycles. The molecule has 0 atom stereocenters. The van der Waals surface area contributed by atoms with Gasteiger partial charge < -0.3 is 5.32 Å². The number of aromatic nitrogens is 3. The zero-order valence-electron chi connectivity index (χ0n) is 10.0. The van der Waals surface area contributed by atoms with Gasteiger partial charge in [-0.1, -0.05) is 27.2 Å². The maximum absolute atomic E-state index is 4.17. The molecule has 0 radical (unpaired) electrons. The van der Waals surface area contributed by atoms with Crippen molar-refractivity contribution in [3.63, 3.8) is 0 Å². The lowest BCUT2D eigenvalue weighted by Crippen LogP contribution is -2.16. The third-order valence-electron chi connectivity index (χ3n) is 3.05. The van der Waals surface area contributed by atoms with E-state index in [4.69, 9.17) is 0 Å². The third kappa shape index (κ3) is 2.97. The summed E-state index contributed by atoms with van der Waals surface area (Å²) in [4.78, 5) is 0. The molecule has 0 aliphatic heterocycles. The first-order chi connectivity index (χ1) is 8.81. The molecule has 0 spiro atoms. The summed E-state index contributed by atoms with van der Waals surface area (Å²) >= 11 is 3.46. The molecule has 94 valence electrons. The number of benzene rings is 1. The van der Waals surface area contributed by atoms with Gasteiger partial charge in [0, 0.05) is 11.0 Å². The van der Waals surface area contributed by atoms with Gasteiger partial charge in [-0.25, -0.2) is 4.68 Å². The summed E-state index contributed by atoms with van der Waals surface area (Å²) < 4.78 is 2.85. The first-order valence-electron chi connectivity index (χ1n) is 6.19. The minimum Gasteiger partial charge on any atom is -0.311 e. The Hall–Kier alpha value is -1.20. The zero-order valence-corrected chi connectivity index (χ0v) is 11.6. The lowest BCUT2D eigenvalue weighted by molar-refractivity contribution is 0.628. The van der Waals surface area contributed by atoms with E-state index in [0.717, 1.165) is 34.9 Å². The number of hydrogen-bond donors (Lipinski definition) is 1. The average Bonchev–Trinajstić information content (AvgIpc) is 3.06. The molecule has 1 heterocycles. The highest BCUT2D eigenvalue weighted by molar-refractivity contribution is 9.10. The van der Waals surface area contributed by atoms with Gasteiger partial charge in [0.2, 0.25) is 0 Å². The van der Waals surface area contributed by atoms with Crippen LogP contribution < -0.4 is 5.32 Å². The molecule has 18 heavy (non-hydrogen) atoms. The molecule has 1 saturated carbocycles. The smallest absolute Gasteiger partial charge is 0.0969 e. The van der Waals surface area contributed by atoms with Crippen LogP contribution in [-0.4, -0.2) is 21.5 Å². The molecule has 1 aromatic heterocycles. The predicted molar refractivity (Wildman–Crippen MR) is 73.5 cm³/mol. The van der Waals surface area contributed by atoms with Crippen LogP contribution in [0.15, 0.2) is 34.9 Å². The van der Waals surface area contributed by atoms with Crippen molar-refractivity contribution in [2.45, 2.75) is 19.4 Å². The summed E-state index contributed by atoms with van der Waals surface area (Å²) in [5.74, 6) is 0.894. The Morgan fingerprint density at radius 1 is 1.39 bits per heavy atom. The Morgan fingerprint density at radius 3 is 3.06 bits per heavy atom. The predicted octanol–water partition coefficient (Wildman–Crippen LogP) is 2.53. The summed E-state index contributed by atoms with van der Waals surface area (Å²) in [6.45, 7) is 1.90. The van der Waals surface area contributed by atoms with Crippen molar-refractivity contribution in [1.29, 1.82) is 0 Å². The van der Waals surface area contributed by atoms with Crippen molar-refractivity contribution in [3.05, 3.63) is 40.6 Å². The van der Waals surface area contributed by atoms with Crippen molar-refractivity contribution in [3.8, 4) is 5.69 Å². The van der Waals surface area contributed by atoms with Crippen molar-refractivity contribution >= 4 is 15.9 Å². The molecule has 3 rings (SSSR count). The first-order valence-corrected chi connectivity index (χ1v) is 6.98. The Kier molecular flexibility index (Phi) is 3.43. The zero-order chi connectivity index (χ0) is 12.4. The topological polar surface area (TPSA) is 42.7 Å².